The second-order valence-electron chi connectivity index (χ2n) is 7.59. The van der Waals surface area contributed by atoms with Crippen LogP contribution in [0.3, 0.4) is 0 Å². The van der Waals surface area contributed by atoms with Crippen LogP contribution >= 0.6 is 11.3 Å². The quantitative estimate of drug-likeness (QED) is 0.349. The molecule has 6 nitrogen and oxygen atoms in total. The van der Waals surface area contributed by atoms with Crippen molar-refractivity contribution >= 4 is 52.4 Å². The molecule has 4 N–H and O–H groups in total. The molecular weight excluding hydrogens is 422 g/mol. The van der Waals surface area contributed by atoms with Crippen molar-refractivity contribution in [3.8, 4) is 0 Å². The third-order valence-corrected chi connectivity index (χ3v) is 5.95. The minimum absolute atomic E-state index is 0.0977. The highest BCUT2D eigenvalue weighted by molar-refractivity contribution is 7.85. The van der Waals surface area contributed by atoms with E-state index in [-0.39, 0.29) is 13.2 Å². The van der Waals surface area contributed by atoms with Crippen LogP contribution in [0.15, 0.2) is 54.6 Å². The van der Waals surface area contributed by atoms with Crippen LogP contribution in [0.1, 0.15) is 12.5 Å². The van der Waals surface area contributed by atoms with Crippen molar-refractivity contribution in [1.29, 1.82) is 0 Å². The number of hydrogen-bond acceptors (Lipinski definition) is 6. The molecule has 0 saturated carbocycles. The maximum absolute atomic E-state index is 9.40. The number of aliphatic hydroxyl groups is 2. The van der Waals surface area contributed by atoms with Gasteiger partial charge in [-0.3, -0.25) is 4.55 Å². The number of nitrogens with one attached hydrogen (secondary N) is 1. The Labute approximate surface area is 179 Å². The number of thiophene rings is 1. The average Bonchev–Trinajstić information content (AvgIpc) is 3.06. The van der Waals surface area contributed by atoms with Gasteiger partial charge >= 0.3 is 0 Å². The van der Waals surface area contributed by atoms with E-state index in [2.05, 4.69) is 59.9 Å². The minimum Gasteiger partial charge on any atom is -0.394 e. The third kappa shape index (κ3) is 5.54. The lowest BCUT2D eigenvalue weighted by Gasteiger charge is -2.26. The van der Waals surface area contributed by atoms with Gasteiger partial charge in [-0.15, -0.1) is 11.3 Å². The van der Waals surface area contributed by atoms with Gasteiger partial charge in [-0.2, -0.15) is 8.42 Å². The molecule has 0 aliphatic heterocycles. The van der Waals surface area contributed by atoms with Gasteiger partial charge in [-0.05, 0) is 47.5 Å². The molecule has 4 aromatic rings. The highest BCUT2D eigenvalue weighted by Crippen LogP contribution is 2.36. The van der Waals surface area contributed by atoms with Gasteiger partial charge in [0.1, 0.15) is 0 Å². The Hall–Kier alpha value is -2.07. The highest BCUT2D eigenvalue weighted by atomic mass is 32.2. The van der Waals surface area contributed by atoms with Crippen LogP contribution in [0.4, 0.5) is 0 Å². The summed E-state index contributed by atoms with van der Waals surface area (Å²) in [7, 11) is -3.67. The highest BCUT2D eigenvalue weighted by Gasteiger charge is 2.21. The lowest BCUT2D eigenvalue weighted by Crippen LogP contribution is -2.48. The molecule has 1 aromatic heterocycles. The fourth-order valence-electron chi connectivity index (χ4n) is 3.11. The monoisotopic (exact) mass is 447 g/mol. The van der Waals surface area contributed by atoms with Gasteiger partial charge in [0.25, 0.3) is 10.1 Å². The summed E-state index contributed by atoms with van der Waals surface area (Å²) in [5.74, 6) is 0. The van der Waals surface area contributed by atoms with E-state index in [0.29, 0.717) is 12.8 Å². The molecule has 1 heterocycles. The molecule has 0 aliphatic rings. The smallest absolute Gasteiger partial charge is 0.261 e. The number of fused-ring (bicyclic) bond motifs is 4. The second-order valence-corrected chi connectivity index (χ2v) is 10.1. The molecule has 0 aliphatic carbocycles. The average molecular weight is 448 g/mol. The first-order valence-corrected chi connectivity index (χ1v) is 12.0. The fraction of sp³-hybridized carbons (Fsp3) is 0.273. The van der Waals surface area contributed by atoms with Gasteiger partial charge in [0, 0.05) is 26.7 Å². The zero-order valence-electron chi connectivity index (χ0n) is 16.8. The summed E-state index contributed by atoms with van der Waals surface area (Å²) in [5, 5.41) is 27.1. The molecule has 0 unspecified atom stereocenters. The number of rotatable bonds is 5. The first kappa shape index (κ1) is 22.6. The van der Waals surface area contributed by atoms with E-state index in [1.165, 1.54) is 30.9 Å². The van der Waals surface area contributed by atoms with Crippen molar-refractivity contribution in [1.82, 2.24) is 5.32 Å². The minimum atomic E-state index is -3.67. The molecule has 160 valence electrons. The Kier molecular flexibility index (Phi) is 6.76. The summed E-state index contributed by atoms with van der Waals surface area (Å²) in [5.41, 5.74) is 0.478. The molecule has 0 fully saturated rings. The summed E-state index contributed by atoms with van der Waals surface area (Å²) in [6.07, 6.45) is 0.715. The predicted molar refractivity (Wildman–Crippen MR) is 124 cm³/mol. The maximum atomic E-state index is 9.40. The molecular formula is C22H25NO5S2. The van der Waals surface area contributed by atoms with Crippen molar-refractivity contribution < 1.29 is 23.2 Å². The molecule has 0 atom stereocenters. The second kappa shape index (κ2) is 8.97. The first-order chi connectivity index (χ1) is 14.1. The van der Waals surface area contributed by atoms with E-state index in [9.17, 15) is 18.6 Å². The van der Waals surface area contributed by atoms with Crippen LogP contribution < -0.4 is 5.32 Å². The van der Waals surface area contributed by atoms with Crippen LogP contribution in [0.2, 0.25) is 0 Å². The molecule has 8 heteroatoms. The van der Waals surface area contributed by atoms with Gasteiger partial charge in [-0.1, -0.05) is 30.3 Å². The van der Waals surface area contributed by atoms with Crippen molar-refractivity contribution in [3.63, 3.8) is 0 Å². The van der Waals surface area contributed by atoms with E-state index >= 15 is 0 Å². The lowest BCUT2D eigenvalue weighted by molar-refractivity contribution is 0.103. The van der Waals surface area contributed by atoms with Crippen molar-refractivity contribution in [2.24, 2.45) is 0 Å². The van der Waals surface area contributed by atoms with Crippen molar-refractivity contribution in [2.45, 2.75) is 19.0 Å². The zero-order valence-corrected chi connectivity index (χ0v) is 18.4. The first-order valence-electron chi connectivity index (χ1n) is 9.35. The Morgan fingerprint density at radius 3 is 2.27 bits per heavy atom. The summed E-state index contributed by atoms with van der Waals surface area (Å²) >= 11 is 1.83. The van der Waals surface area contributed by atoms with Gasteiger partial charge in [-0.25, -0.2) is 0 Å². The van der Waals surface area contributed by atoms with Crippen LogP contribution in [0.5, 0.6) is 0 Å². The number of aliphatic hydroxyl groups excluding tert-OH is 2. The number of hydrogen-bond donors (Lipinski definition) is 4. The largest absolute Gasteiger partial charge is 0.394 e. The van der Waals surface area contributed by atoms with E-state index in [0.717, 1.165) is 5.56 Å². The Morgan fingerprint density at radius 1 is 0.933 bits per heavy atom. The molecule has 0 amide bonds. The van der Waals surface area contributed by atoms with Gasteiger partial charge in [0.05, 0.1) is 25.0 Å². The third-order valence-electron chi connectivity index (χ3n) is 4.82. The summed E-state index contributed by atoms with van der Waals surface area (Å²) in [4.78, 5) is 0. The SMILES string of the molecule is CC(CO)(CO)NCc1ccc2cc3c(cc2c1)sc1ccccc13.CS(=O)(=O)O. The molecule has 30 heavy (non-hydrogen) atoms. The summed E-state index contributed by atoms with van der Waals surface area (Å²) in [6.45, 7) is 2.23. The van der Waals surface area contributed by atoms with E-state index in [1.807, 2.05) is 18.3 Å². The molecule has 3 aromatic carbocycles. The molecule has 0 spiro atoms. The van der Waals surface area contributed by atoms with Gasteiger partial charge < -0.3 is 15.5 Å². The fourth-order valence-corrected chi connectivity index (χ4v) is 4.24. The Balaban J connectivity index is 0.000000461. The number of benzene rings is 3. The zero-order chi connectivity index (χ0) is 21.9. The van der Waals surface area contributed by atoms with Crippen molar-refractivity contribution in [3.05, 3.63) is 60.2 Å². The van der Waals surface area contributed by atoms with Crippen LogP contribution in [-0.4, -0.2) is 48.2 Å². The van der Waals surface area contributed by atoms with Crippen LogP contribution in [-0.2, 0) is 16.7 Å². The Morgan fingerprint density at radius 2 is 1.60 bits per heavy atom. The topological polar surface area (TPSA) is 107 Å². The summed E-state index contributed by atoms with van der Waals surface area (Å²) < 4.78 is 28.5. The molecule has 0 bridgehead atoms. The van der Waals surface area contributed by atoms with Crippen LogP contribution in [0.25, 0.3) is 30.9 Å². The molecule has 0 saturated heterocycles. The standard InChI is InChI=1S/C21H21NO2S.CH4O3S/c1-21(12-23,13-24)22-11-14-6-7-15-9-18-17-4-2-3-5-19(17)25-20(18)10-16(15)8-14;1-5(2,3)4/h2-10,22-24H,11-13H2,1H3;1H3,(H,2,3,4). The maximum Gasteiger partial charge on any atom is 0.261 e. The predicted octanol–water partition coefficient (Wildman–Crippen LogP) is 3.54. The van der Waals surface area contributed by atoms with Gasteiger partial charge in [0.15, 0.2) is 0 Å². The van der Waals surface area contributed by atoms with Crippen LogP contribution in [0, 0.1) is 0 Å². The summed E-state index contributed by atoms with van der Waals surface area (Å²) in [6, 6.07) is 19.5. The van der Waals surface area contributed by atoms with E-state index in [4.69, 9.17) is 4.55 Å². The normalized spacial score (nSPS) is 12.3. The molecule has 4 rings (SSSR count). The van der Waals surface area contributed by atoms with E-state index < -0.39 is 15.7 Å². The molecule has 0 radical (unpaired) electrons. The van der Waals surface area contributed by atoms with Crippen molar-refractivity contribution in [2.75, 3.05) is 19.5 Å². The van der Waals surface area contributed by atoms with E-state index in [1.54, 1.807) is 0 Å². The lowest BCUT2D eigenvalue weighted by atomic mass is 10.0. The van der Waals surface area contributed by atoms with Gasteiger partial charge in [0.2, 0.25) is 0 Å². The Bertz CT molecular complexity index is 1270.